The summed E-state index contributed by atoms with van der Waals surface area (Å²) >= 11 is 11.5. The summed E-state index contributed by atoms with van der Waals surface area (Å²) in [5.41, 5.74) is -3.54. The third kappa shape index (κ3) is 2.96. The van der Waals surface area contributed by atoms with Gasteiger partial charge in [0, 0.05) is 10.6 Å². The molecule has 8 heteroatoms. The largest absolute Gasteiger partial charge is 0.445 e. The number of hydrogen-bond acceptors (Lipinski definition) is 2. The second-order valence-corrected chi connectivity index (χ2v) is 5.49. The van der Waals surface area contributed by atoms with Crippen molar-refractivity contribution in [3.8, 4) is 11.8 Å². The van der Waals surface area contributed by atoms with Crippen LogP contribution in [0.2, 0.25) is 5.02 Å². The summed E-state index contributed by atoms with van der Waals surface area (Å²) in [6.45, 7) is 1.67. The molecule has 3 nitrogen and oxygen atoms in total. The van der Waals surface area contributed by atoms with E-state index in [0.717, 1.165) is 6.07 Å². The van der Waals surface area contributed by atoms with E-state index in [4.69, 9.17) is 23.2 Å². The van der Waals surface area contributed by atoms with Crippen LogP contribution in [0.25, 0.3) is 0 Å². The fourth-order valence-electron chi connectivity index (χ4n) is 1.90. The smallest absolute Gasteiger partial charge is 0.415 e. The van der Waals surface area contributed by atoms with Gasteiger partial charge in [-0.05, 0) is 30.5 Å². The molecule has 0 aliphatic carbocycles. The van der Waals surface area contributed by atoms with Crippen LogP contribution in [-0.4, -0.2) is 17.6 Å². The van der Waals surface area contributed by atoms with Gasteiger partial charge >= 0.3 is 12.3 Å². The molecule has 1 aromatic carbocycles. The van der Waals surface area contributed by atoms with E-state index >= 15 is 0 Å². The molecule has 0 bridgehead atoms. The lowest BCUT2D eigenvalue weighted by molar-refractivity contribution is -0.239. The van der Waals surface area contributed by atoms with Gasteiger partial charge in [-0.3, -0.25) is 5.32 Å². The van der Waals surface area contributed by atoms with Crippen molar-refractivity contribution in [2.45, 2.75) is 30.5 Å². The van der Waals surface area contributed by atoms with Crippen LogP contribution in [-0.2, 0) is 10.3 Å². The number of anilines is 1. The van der Waals surface area contributed by atoms with Crippen LogP contribution >= 0.6 is 23.2 Å². The Balaban J connectivity index is 2.71. The van der Waals surface area contributed by atoms with Crippen LogP contribution in [0, 0.1) is 11.8 Å². The van der Waals surface area contributed by atoms with Crippen LogP contribution in [0.1, 0.15) is 18.9 Å². The highest BCUT2D eigenvalue weighted by Gasteiger charge is 2.62. The fraction of sp³-hybridized carbons (Fsp3) is 0.357. The van der Waals surface area contributed by atoms with E-state index in [2.05, 4.69) is 16.0 Å². The zero-order chi connectivity index (χ0) is 16.5. The van der Waals surface area contributed by atoms with E-state index in [1.165, 1.54) is 12.1 Å². The van der Waals surface area contributed by atoms with Gasteiger partial charge < -0.3 is 4.74 Å². The lowest BCUT2D eigenvalue weighted by atomic mass is 9.90. The molecule has 1 amide bonds. The molecule has 0 saturated heterocycles. The van der Waals surface area contributed by atoms with Gasteiger partial charge in [0.25, 0.3) is 5.60 Å². The first-order chi connectivity index (χ1) is 10.2. The molecule has 1 aliphatic rings. The van der Waals surface area contributed by atoms with Gasteiger partial charge in [0.15, 0.2) is 0 Å². The van der Waals surface area contributed by atoms with E-state index in [0.29, 0.717) is 6.42 Å². The highest BCUT2D eigenvalue weighted by Crippen LogP contribution is 2.47. The minimum Gasteiger partial charge on any atom is -0.415 e. The summed E-state index contributed by atoms with van der Waals surface area (Å²) in [4.78, 5) is 11.5. The summed E-state index contributed by atoms with van der Waals surface area (Å²) in [7, 11) is 0. The van der Waals surface area contributed by atoms with Crippen molar-refractivity contribution in [3.05, 3.63) is 28.8 Å². The standard InChI is InChI=1S/C14H10Cl2F3NO2/c1-2-8(15)5-6-13(14(17,18)19)10-7-9(16)3-4-11(10)20-12(21)22-13/h3-4,7-8H,2H2,1H3,(H,20,21). The number of hydrogen-bond donors (Lipinski definition) is 1. The summed E-state index contributed by atoms with van der Waals surface area (Å²) in [6.07, 6.45) is -5.86. The van der Waals surface area contributed by atoms with Crippen molar-refractivity contribution >= 4 is 35.0 Å². The first kappa shape index (κ1) is 16.8. The van der Waals surface area contributed by atoms with Crippen LogP contribution in [0.3, 0.4) is 0 Å². The van der Waals surface area contributed by atoms with Gasteiger partial charge in [-0.25, -0.2) is 4.79 Å². The van der Waals surface area contributed by atoms with Crippen LogP contribution in [0.15, 0.2) is 18.2 Å². The molecule has 0 saturated carbocycles. The topological polar surface area (TPSA) is 38.3 Å². The Labute approximate surface area is 134 Å². The predicted octanol–water partition coefficient (Wildman–Crippen LogP) is 4.68. The normalized spacial score (nSPS) is 21.8. The SMILES string of the molecule is CCC(Cl)C#CC1(C(F)(F)F)OC(=O)Nc2ccc(Cl)cc21. The van der Waals surface area contributed by atoms with Crippen molar-refractivity contribution in [1.29, 1.82) is 0 Å². The number of nitrogens with one attached hydrogen (secondary N) is 1. The monoisotopic (exact) mass is 351 g/mol. The Morgan fingerprint density at radius 3 is 2.73 bits per heavy atom. The van der Waals surface area contributed by atoms with Gasteiger partial charge in [-0.15, -0.1) is 11.6 Å². The van der Waals surface area contributed by atoms with Crippen molar-refractivity contribution < 1.29 is 22.7 Å². The molecule has 1 aliphatic heterocycles. The molecule has 1 aromatic rings. The minimum absolute atomic E-state index is 0.0603. The number of benzene rings is 1. The van der Waals surface area contributed by atoms with E-state index in [-0.39, 0.29) is 16.3 Å². The van der Waals surface area contributed by atoms with Gasteiger partial charge in [0.1, 0.15) is 0 Å². The maximum Gasteiger partial charge on any atom is 0.445 e. The molecule has 0 fully saturated rings. The number of amides is 1. The summed E-state index contributed by atoms with van der Waals surface area (Å²) in [5, 5.41) is 1.46. The van der Waals surface area contributed by atoms with Crippen LogP contribution in [0.4, 0.5) is 23.7 Å². The Bertz CT molecular complexity index is 666. The molecular formula is C14H10Cl2F3NO2. The van der Waals surface area contributed by atoms with Gasteiger partial charge in [-0.1, -0.05) is 24.4 Å². The second-order valence-electron chi connectivity index (χ2n) is 4.53. The number of carbonyl (C=O) groups excluding carboxylic acids is 1. The Hall–Kier alpha value is -1.58. The van der Waals surface area contributed by atoms with E-state index in [1.54, 1.807) is 6.92 Å². The zero-order valence-corrected chi connectivity index (χ0v) is 12.7. The van der Waals surface area contributed by atoms with E-state index in [1.807, 2.05) is 5.92 Å². The molecule has 2 unspecified atom stereocenters. The highest BCUT2D eigenvalue weighted by atomic mass is 35.5. The lowest BCUT2D eigenvalue weighted by Gasteiger charge is -2.35. The Kier molecular flexibility index (Phi) is 4.50. The molecule has 22 heavy (non-hydrogen) atoms. The van der Waals surface area contributed by atoms with Crippen molar-refractivity contribution in [2.75, 3.05) is 5.32 Å². The van der Waals surface area contributed by atoms with Crippen molar-refractivity contribution in [2.24, 2.45) is 0 Å². The molecule has 1 heterocycles. The summed E-state index contributed by atoms with van der Waals surface area (Å²) in [6, 6.07) is 3.68. The van der Waals surface area contributed by atoms with Crippen LogP contribution in [0.5, 0.6) is 0 Å². The molecule has 2 atom stereocenters. The number of ether oxygens (including phenoxy) is 1. The van der Waals surface area contributed by atoms with Gasteiger partial charge in [0.2, 0.25) is 0 Å². The fourth-order valence-corrected chi connectivity index (χ4v) is 2.13. The van der Waals surface area contributed by atoms with Gasteiger partial charge in [0.05, 0.1) is 11.1 Å². The summed E-state index contributed by atoms with van der Waals surface area (Å²) < 4.78 is 45.5. The minimum atomic E-state index is -4.96. The number of alkyl halides is 4. The van der Waals surface area contributed by atoms with Crippen molar-refractivity contribution in [3.63, 3.8) is 0 Å². The lowest BCUT2D eigenvalue weighted by Crippen LogP contribution is -2.49. The van der Waals surface area contributed by atoms with E-state index in [9.17, 15) is 18.0 Å². The molecular weight excluding hydrogens is 342 g/mol. The maximum absolute atomic E-state index is 13.6. The molecule has 2 rings (SSSR count). The van der Waals surface area contributed by atoms with Crippen LogP contribution < -0.4 is 5.32 Å². The first-order valence-corrected chi connectivity index (χ1v) is 7.04. The third-order valence-electron chi connectivity index (χ3n) is 3.01. The first-order valence-electron chi connectivity index (χ1n) is 6.23. The molecule has 0 spiro atoms. The number of halogens is 5. The number of rotatable bonds is 1. The predicted molar refractivity (Wildman–Crippen MR) is 77.0 cm³/mol. The Morgan fingerprint density at radius 2 is 2.14 bits per heavy atom. The molecule has 0 radical (unpaired) electrons. The number of carbonyl (C=O) groups is 1. The van der Waals surface area contributed by atoms with E-state index < -0.39 is 23.2 Å². The number of fused-ring (bicyclic) bond motifs is 1. The summed E-state index contributed by atoms with van der Waals surface area (Å²) in [5.74, 6) is 4.27. The second kappa shape index (κ2) is 5.90. The van der Waals surface area contributed by atoms with Gasteiger partial charge in [-0.2, -0.15) is 13.2 Å². The molecule has 118 valence electrons. The number of cyclic esters (lactones) is 1. The highest BCUT2D eigenvalue weighted by molar-refractivity contribution is 6.30. The van der Waals surface area contributed by atoms with Crippen molar-refractivity contribution in [1.82, 2.24) is 0 Å². The molecule has 0 aromatic heterocycles. The average Bonchev–Trinajstić information content (AvgIpc) is 2.43. The third-order valence-corrected chi connectivity index (χ3v) is 3.66. The Morgan fingerprint density at radius 1 is 1.45 bits per heavy atom. The zero-order valence-electron chi connectivity index (χ0n) is 11.2. The average molecular weight is 352 g/mol. The maximum atomic E-state index is 13.6. The molecule has 1 N–H and O–H groups in total. The quantitative estimate of drug-likeness (QED) is 0.589.